The summed E-state index contributed by atoms with van der Waals surface area (Å²) >= 11 is 3.30. The van der Waals surface area contributed by atoms with Gasteiger partial charge in [0.1, 0.15) is 12.4 Å². The van der Waals surface area contributed by atoms with Crippen molar-refractivity contribution in [1.29, 1.82) is 0 Å². The lowest BCUT2D eigenvalue weighted by atomic mass is 10.2. The van der Waals surface area contributed by atoms with Crippen LogP contribution in [0.4, 0.5) is 0 Å². The SMILES string of the molecule is COC(=O)c1occc1COC(=O)c1ccc(OC)c(Br)c1. The third-order valence-corrected chi connectivity index (χ3v) is 3.48. The summed E-state index contributed by atoms with van der Waals surface area (Å²) in [6.07, 6.45) is 1.33. The molecule has 0 aliphatic heterocycles. The van der Waals surface area contributed by atoms with E-state index in [4.69, 9.17) is 13.9 Å². The molecular weight excluding hydrogens is 356 g/mol. The van der Waals surface area contributed by atoms with Crippen molar-refractivity contribution in [2.24, 2.45) is 0 Å². The van der Waals surface area contributed by atoms with Gasteiger partial charge in [0.25, 0.3) is 0 Å². The molecule has 2 aromatic rings. The molecule has 7 heteroatoms. The van der Waals surface area contributed by atoms with Crippen LogP contribution in [0.25, 0.3) is 0 Å². The van der Waals surface area contributed by atoms with Crippen molar-refractivity contribution < 1.29 is 28.2 Å². The van der Waals surface area contributed by atoms with Crippen molar-refractivity contribution in [2.45, 2.75) is 6.61 Å². The molecule has 2 rings (SSSR count). The Labute approximate surface area is 135 Å². The molecule has 0 saturated carbocycles. The van der Waals surface area contributed by atoms with Gasteiger partial charge in [0.2, 0.25) is 5.76 Å². The summed E-state index contributed by atoms with van der Waals surface area (Å²) in [5, 5.41) is 0. The van der Waals surface area contributed by atoms with Crippen molar-refractivity contribution in [2.75, 3.05) is 14.2 Å². The Kier molecular flexibility index (Phi) is 5.21. The molecule has 0 aliphatic carbocycles. The molecule has 0 N–H and O–H groups in total. The molecule has 116 valence electrons. The number of benzene rings is 1. The lowest BCUT2D eigenvalue weighted by Crippen LogP contribution is -2.08. The number of hydrogen-bond acceptors (Lipinski definition) is 6. The van der Waals surface area contributed by atoms with E-state index in [-0.39, 0.29) is 12.4 Å². The fourth-order valence-electron chi connectivity index (χ4n) is 1.74. The van der Waals surface area contributed by atoms with Crippen LogP contribution in [-0.2, 0) is 16.1 Å². The van der Waals surface area contributed by atoms with E-state index in [9.17, 15) is 9.59 Å². The number of halogens is 1. The summed E-state index contributed by atoms with van der Waals surface area (Å²) in [6, 6.07) is 6.38. The fraction of sp³-hybridized carbons (Fsp3) is 0.200. The number of ether oxygens (including phenoxy) is 3. The highest BCUT2D eigenvalue weighted by Crippen LogP contribution is 2.26. The Morgan fingerprint density at radius 1 is 1.18 bits per heavy atom. The molecule has 0 amide bonds. The highest BCUT2D eigenvalue weighted by atomic mass is 79.9. The maximum atomic E-state index is 12.0. The summed E-state index contributed by atoms with van der Waals surface area (Å²) in [4.78, 5) is 23.5. The van der Waals surface area contributed by atoms with Gasteiger partial charge in [0.05, 0.1) is 30.5 Å². The normalized spacial score (nSPS) is 10.1. The van der Waals surface area contributed by atoms with Crippen LogP contribution in [0.15, 0.2) is 39.4 Å². The zero-order valence-corrected chi connectivity index (χ0v) is 13.5. The second-order valence-electron chi connectivity index (χ2n) is 4.19. The largest absolute Gasteiger partial charge is 0.496 e. The Bertz CT molecular complexity index is 691. The highest BCUT2D eigenvalue weighted by Gasteiger charge is 2.18. The molecule has 0 aliphatic rings. The van der Waals surface area contributed by atoms with Crippen LogP contribution in [0, 0.1) is 0 Å². The average Bonchev–Trinajstić information content (AvgIpc) is 3.00. The van der Waals surface area contributed by atoms with E-state index < -0.39 is 11.9 Å². The van der Waals surface area contributed by atoms with Gasteiger partial charge in [0, 0.05) is 5.56 Å². The summed E-state index contributed by atoms with van der Waals surface area (Å²) in [5.41, 5.74) is 0.795. The first kappa shape index (κ1) is 16.1. The molecule has 0 spiro atoms. The van der Waals surface area contributed by atoms with Crippen molar-refractivity contribution in [1.82, 2.24) is 0 Å². The molecule has 6 nitrogen and oxygen atoms in total. The lowest BCUT2D eigenvalue weighted by Gasteiger charge is -2.07. The smallest absolute Gasteiger partial charge is 0.374 e. The molecule has 0 bridgehead atoms. The van der Waals surface area contributed by atoms with Crippen LogP contribution in [0.3, 0.4) is 0 Å². The number of hydrogen-bond donors (Lipinski definition) is 0. The highest BCUT2D eigenvalue weighted by molar-refractivity contribution is 9.10. The third-order valence-electron chi connectivity index (χ3n) is 2.86. The Morgan fingerprint density at radius 3 is 2.59 bits per heavy atom. The molecule has 1 heterocycles. The van der Waals surface area contributed by atoms with Gasteiger partial charge in [-0.15, -0.1) is 0 Å². The molecule has 0 atom stereocenters. The molecule has 0 unspecified atom stereocenters. The maximum Gasteiger partial charge on any atom is 0.374 e. The standard InChI is InChI=1S/C15H13BrO6/c1-19-12-4-3-9(7-11(12)16)14(17)22-8-10-5-6-21-13(10)15(18)20-2/h3-7H,8H2,1-2H3. The van der Waals surface area contributed by atoms with Crippen LogP contribution < -0.4 is 4.74 Å². The van der Waals surface area contributed by atoms with Crippen LogP contribution in [-0.4, -0.2) is 26.2 Å². The predicted octanol–water partition coefficient (Wildman–Crippen LogP) is 3.19. The van der Waals surface area contributed by atoms with E-state index in [1.54, 1.807) is 24.3 Å². The minimum atomic E-state index is -0.622. The molecule has 0 saturated heterocycles. The molecule has 0 fully saturated rings. The zero-order chi connectivity index (χ0) is 16.1. The molecule has 1 aromatic carbocycles. The van der Waals surface area contributed by atoms with Crippen LogP contribution in [0.5, 0.6) is 5.75 Å². The quantitative estimate of drug-likeness (QED) is 0.754. The minimum absolute atomic E-state index is 0.0196. The van der Waals surface area contributed by atoms with E-state index in [1.165, 1.54) is 20.5 Å². The van der Waals surface area contributed by atoms with E-state index in [0.29, 0.717) is 21.3 Å². The first-order valence-electron chi connectivity index (χ1n) is 6.22. The molecule has 1 aromatic heterocycles. The first-order chi connectivity index (χ1) is 10.6. The summed E-state index contributed by atoms with van der Waals surface area (Å²) < 4.78 is 20.5. The summed E-state index contributed by atoms with van der Waals surface area (Å²) in [6.45, 7) is -0.0938. The van der Waals surface area contributed by atoms with E-state index >= 15 is 0 Å². The van der Waals surface area contributed by atoms with Gasteiger partial charge in [-0.3, -0.25) is 0 Å². The Balaban J connectivity index is 2.06. The van der Waals surface area contributed by atoms with Gasteiger partial charge < -0.3 is 18.6 Å². The third kappa shape index (κ3) is 3.48. The van der Waals surface area contributed by atoms with Gasteiger partial charge in [-0.2, -0.15) is 0 Å². The predicted molar refractivity (Wildman–Crippen MR) is 79.9 cm³/mol. The van der Waals surface area contributed by atoms with Crippen LogP contribution in [0.2, 0.25) is 0 Å². The van der Waals surface area contributed by atoms with Crippen LogP contribution in [0.1, 0.15) is 26.5 Å². The zero-order valence-electron chi connectivity index (χ0n) is 11.9. The van der Waals surface area contributed by atoms with Crippen molar-refractivity contribution in [3.63, 3.8) is 0 Å². The van der Waals surface area contributed by atoms with Gasteiger partial charge in [0.15, 0.2) is 0 Å². The topological polar surface area (TPSA) is 75.0 Å². The first-order valence-corrected chi connectivity index (χ1v) is 7.01. The number of esters is 2. The number of carbonyl (C=O) groups is 2. The van der Waals surface area contributed by atoms with E-state index in [2.05, 4.69) is 20.7 Å². The molecular formula is C15H13BrO6. The van der Waals surface area contributed by atoms with Crippen molar-refractivity contribution >= 4 is 27.9 Å². The summed E-state index contributed by atoms with van der Waals surface area (Å²) in [7, 11) is 2.78. The Morgan fingerprint density at radius 2 is 1.95 bits per heavy atom. The average molecular weight is 369 g/mol. The van der Waals surface area contributed by atoms with Gasteiger partial charge in [-0.05, 0) is 40.2 Å². The Hall–Kier alpha value is -2.28. The van der Waals surface area contributed by atoms with Crippen LogP contribution >= 0.6 is 15.9 Å². The number of methoxy groups -OCH3 is 2. The summed E-state index contributed by atoms with van der Waals surface area (Å²) in [5.74, 6) is -0.519. The minimum Gasteiger partial charge on any atom is -0.496 e. The molecule has 22 heavy (non-hydrogen) atoms. The number of furan rings is 1. The van der Waals surface area contributed by atoms with E-state index in [0.717, 1.165) is 0 Å². The van der Waals surface area contributed by atoms with Gasteiger partial charge in [-0.1, -0.05) is 0 Å². The van der Waals surface area contributed by atoms with E-state index in [1.807, 2.05) is 0 Å². The maximum absolute atomic E-state index is 12.0. The fourth-order valence-corrected chi connectivity index (χ4v) is 2.28. The number of rotatable bonds is 5. The van der Waals surface area contributed by atoms with Crippen molar-refractivity contribution in [3.05, 3.63) is 51.9 Å². The second-order valence-corrected chi connectivity index (χ2v) is 5.05. The number of carbonyl (C=O) groups excluding carboxylic acids is 2. The monoisotopic (exact) mass is 368 g/mol. The van der Waals surface area contributed by atoms with Gasteiger partial charge in [-0.25, -0.2) is 9.59 Å². The van der Waals surface area contributed by atoms with Gasteiger partial charge >= 0.3 is 11.9 Å². The molecule has 0 radical (unpaired) electrons. The van der Waals surface area contributed by atoms with Crippen molar-refractivity contribution in [3.8, 4) is 5.75 Å². The second kappa shape index (κ2) is 7.13. The lowest BCUT2D eigenvalue weighted by molar-refractivity contribution is 0.0453.